The van der Waals surface area contributed by atoms with Crippen LogP contribution in [0, 0.1) is 25.7 Å². The lowest BCUT2D eigenvalue weighted by Crippen LogP contribution is -2.61. The molecule has 1 unspecified atom stereocenters. The van der Waals surface area contributed by atoms with E-state index in [1.54, 1.807) is 44.2 Å². The van der Waals surface area contributed by atoms with E-state index in [0.717, 1.165) is 0 Å². The maximum atomic E-state index is 14.7. The summed E-state index contributed by atoms with van der Waals surface area (Å²) in [5.74, 6) is -4.71. The van der Waals surface area contributed by atoms with E-state index in [-0.39, 0.29) is 37.4 Å². The molecule has 308 valence electrons. The molecule has 1 aromatic carbocycles. The molecular weight excluding hydrogens is 734 g/mol. The summed E-state index contributed by atoms with van der Waals surface area (Å²) in [4.78, 5) is 107. The Balaban J connectivity index is 1.52. The van der Waals surface area contributed by atoms with Gasteiger partial charge in [0.05, 0.1) is 12.0 Å². The van der Waals surface area contributed by atoms with Gasteiger partial charge in [-0.3, -0.25) is 33.6 Å². The number of hydrogen-bond donors (Lipinski definition) is 7. The molecule has 1 saturated carbocycles. The SMILES string of the molecule is Cc1cc(C(=O)N[C@@H]2CC3C(=O)N[C@@H](C)C(=O)N[C@@H]4CCC[C@H]4C(=O)N[C@@H](CC(C)C)C(=O)N[C@@H]([C@@H](C)O)C(=O)N[C@@H](Cc4ccccc4)C(=O)N3C2)nc(C)n1. The van der Waals surface area contributed by atoms with Gasteiger partial charge in [-0.05, 0) is 70.9 Å². The molecule has 0 radical (unpaired) electrons. The standard InChI is InChI=1S/C40H55N9O8/c1-20(2)15-29-37(54)48-33(23(5)50)39(56)47-31(17-25-11-8-7-9-12-25)40(57)49-19-26(44-36(53)30-16-21(3)41-24(6)43-30)18-32(49)38(55)42-22(4)34(51)45-28-14-10-13-27(28)35(52)46-29/h7-9,11-12,16,20,22-23,26-29,31-33,50H,10,13-15,17-19H2,1-6H3,(H,42,55)(H,44,53)(H,45,51)(H,46,52)(H,47,56)(H,48,54)/t22-,23+,26+,27+,28+,29-,31-,32?,33-/m0/s1. The number of carbonyl (C=O) groups is 7. The Morgan fingerprint density at radius 3 is 2.23 bits per heavy atom. The van der Waals surface area contributed by atoms with Gasteiger partial charge in [-0.2, -0.15) is 0 Å². The van der Waals surface area contributed by atoms with Gasteiger partial charge < -0.3 is 41.9 Å². The summed E-state index contributed by atoms with van der Waals surface area (Å²) in [5, 5.41) is 27.5. The minimum Gasteiger partial charge on any atom is -0.391 e. The van der Waals surface area contributed by atoms with E-state index in [4.69, 9.17) is 0 Å². The lowest BCUT2D eigenvalue weighted by Gasteiger charge is -2.31. The predicted octanol–water partition coefficient (Wildman–Crippen LogP) is -0.280. The highest BCUT2D eigenvalue weighted by Gasteiger charge is 2.45. The van der Waals surface area contributed by atoms with Crippen LogP contribution in [0.25, 0.3) is 0 Å². The molecule has 2 aromatic rings. The summed E-state index contributed by atoms with van der Waals surface area (Å²) >= 11 is 0. The number of aromatic nitrogens is 2. The average Bonchev–Trinajstić information content (AvgIpc) is 3.79. The number of aliphatic hydroxyl groups excluding tert-OH is 1. The van der Waals surface area contributed by atoms with Gasteiger partial charge in [0, 0.05) is 30.7 Å². The minimum atomic E-state index is -1.53. The molecule has 3 aliphatic rings. The summed E-state index contributed by atoms with van der Waals surface area (Å²) in [6, 6.07) is 2.91. The molecule has 2 saturated heterocycles. The van der Waals surface area contributed by atoms with Crippen molar-refractivity contribution in [3.63, 3.8) is 0 Å². The molecule has 9 atom stereocenters. The Morgan fingerprint density at radius 2 is 1.56 bits per heavy atom. The lowest BCUT2D eigenvalue weighted by molar-refractivity contribution is -0.143. The first kappa shape index (κ1) is 42.7. The predicted molar refractivity (Wildman–Crippen MR) is 207 cm³/mol. The topological polar surface area (TPSA) is 241 Å². The largest absolute Gasteiger partial charge is 0.391 e. The quantitative estimate of drug-likeness (QED) is 0.194. The van der Waals surface area contributed by atoms with Crippen LogP contribution < -0.4 is 31.9 Å². The highest BCUT2D eigenvalue weighted by Crippen LogP contribution is 2.27. The van der Waals surface area contributed by atoms with Crippen molar-refractivity contribution in [3.05, 3.63) is 59.2 Å². The number of hydrogen-bond acceptors (Lipinski definition) is 10. The number of amides is 7. The van der Waals surface area contributed by atoms with Gasteiger partial charge in [0.15, 0.2) is 0 Å². The highest BCUT2D eigenvalue weighted by molar-refractivity contribution is 5.98. The van der Waals surface area contributed by atoms with Crippen molar-refractivity contribution >= 4 is 41.4 Å². The molecule has 7 amide bonds. The van der Waals surface area contributed by atoms with Crippen LogP contribution in [0.3, 0.4) is 0 Å². The molecule has 1 aromatic heterocycles. The molecule has 0 spiro atoms. The van der Waals surface area contributed by atoms with Crippen molar-refractivity contribution in [2.24, 2.45) is 11.8 Å². The molecule has 17 heteroatoms. The molecule has 5 rings (SSSR count). The van der Waals surface area contributed by atoms with E-state index in [1.165, 1.54) is 24.8 Å². The van der Waals surface area contributed by atoms with Gasteiger partial charge >= 0.3 is 0 Å². The first-order chi connectivity index (χ1) is 27.0. The zero-order chi connectivity index (χ0) is 41.6. The Kier molecular flexibility index (Phi) is 14.0. The van der Waals surface area contributed by atoms with Gasteiger partial charge in [-0.1, -0.05) is 50.6 Å². The van der Waals surface area contributed by atoms with Gasteiger partial charge in [-0.15, -0.1) is 0 Å². The third-order valence-electron chi connectivity index (χ3n) is 10.7. The number of aryl methyl sites for hydroxylation is 2. The first-order valence-corrected chi connectivity index (χ1v) is 19.7. The number of fused-ring (bicyclic) bond motifs is 2. The number of benzene rings is 1. The van der Waals surface area contributed by atoms with Crippen LogP contribution in [0.2, 0.25) is 0 Å². The van der Waals surface area contributed by atoms with Crippen LogP contribution in [0.1, 0.15) is 87.4 Å². The van der Waals surface area contributed by atoms with Gasteiger partial charge in [0.2, 0.25) is 35.4 Å². The van der Waals surface area contributed by atoms with Gasteiger partial charge in [0.1, 0.15) is 41.7 Å². The van der Waals surface area contributed by atoms with E-state index < -0.39 is 95.7 Å². The molecule has 0 bridgehead atoms. The number of nitrogens with zero attached hydrogens (tertiary/aromatic N) is 3. The van der Waals surface area contributed by atoms with E-state index in [2.05, 4.69) is 41.9 Å². The van der Waals surface area contributed by atoms with Crippen molar-refractivity contribution in [1.82, 2.24) is 46.8 Å². The second-order valence-corrected chi connectivity index (χ2v) is 15.9. The van der Waals surface area contributed by atoms with Crippen LogP contribution in [0.5, 0.6) is 0 Å². The average molecular weight is 790 g/mol. The fourth-order valence-electron chi connectivity index (χ4n) is 7.81. The third-order valence-corrected chi connectivity index (χ3v) is 10.7. The summed E-state index contributed by atoms with van der Waals surface area (Å²) in [6.45, 7) is 9.83. The second kappa shape index (κ2) is 18.7. The maximum Gasteiger partial charge on any atom is 0.270 e. The summed E-state index contributed by atoms with van der Waals surface area (Å²) in [5.41, 5.74) is 1.36. The number of nitrogens with one attached hydrogen (secondary N) is 6. The van der Waals surface area contributed by atoms with Crippen molar-refractivity contribution in [3.8, 4) is 0 Å². The second-order valence-electron chi connectivity index (χ2n) is 15.9. The maximum absolute atomic E-state index is 14.7. The lowest BCUT2D eigenvalue weighted by atomic mass is 9.98. The summed E-state index contributed by atoms with van der Waals surface area (Å²) in [6.07, 6.45) is 0.340. The minimum absolute atomic E-state index is 0.0266. The van der Waals surface area contributed by atoms with E-state index in [0.29, 0.717) is 36.3 Å². The van der Waals surface area contributed by atoms with E-state index in [1.807, 2.05) is 13.8 Å². The van der Waals surface area contributed by atoms with Crippen LogP contribution >= 0.6 is 0 Å². The third kappa shape index (κ3) is 10.9. The molecule has 2 aliphatic heterocycles. The Bertz CT molecular complexity index is 1820. The number of rotatable bonds is 7. The molecule has 7 N–H and O–H groups in total. The van der Waals surface area contributed by atoms with Crippen LogP contribution in [0.15, 0.2) is 36.4 Å². The normalized spacial score (nSPS) is 28.4. The Labute approximate surface area is 332 Å². The Morgan fingerprint density at radius 1 is 0.860 bits per heavy atom. The van der Waals surface area contributed by atoms with Crippen LogP contribution in [-0.4, -0.2) is 116 Å². The fourth-order valence-corrected chi connectivity index (χ4v) is 7.81. The molecule has 57 heavy (non-hydrogen) atoms. The zero-order valence-corrected chi connectivity index (χ0v) is 33.3. The Hall–Kier alpha value is -5.45. The van der Waals surface area contributed by atoms with E-state index in [9.17, 15) is 38.7 Å². The van der Waals surface area contributed by atoms with Crippen molar-refractivity contribution < 1.29 is 38.7 Å². The monoisotopic (exact) mass is 789 g/mol. The van der Waals surface area contributed by atoms with E-state index >= 15 is 0 Å². The van der Waals surface area contributed by atoms with Crippen LogP contribution in [-0.2, 0) is 35.2 Å². The highest BCUT2D eigenvalue weighted by atomic mass is 16.3. The fraction of sp³-hybridized carbons (Fsp3) is 0.575. The molecular formula is C40H55N9O8. The van der Waals surface area contributed by atoms with Gasteiger partial charge in [-0.25, -0.2) is 9.97 Å². The molecule has 17 nitrogen and oxygen atoms in total. The van der Waals surface area contributed by atoms with Crippen molar-refractivity contribution in [1.29, 1.82) is 0 Å². The summed E-state index contributed by atoms with van der Waals surface area (Å²) < 4.78 is 0. The smallest absolute Gasteiger partial charge is 0.270 e. The number of aliphatic hydroxyl groups is 1. The molecule has 1 aliphatic carbocycles. The van der Waals surface area contributed by atoms with Crippen molar-refractivity contribution in [2.75, 3.05) is 6.54 Å². The van der Waals surface area contributed by atoms with Gasteiger partial charge in [0.25, 0.3) is 5.91 Å². The van der Waals surface area contributed by atoms with Crippen molar-refractivity contribution in [2.45, 2.75) is 128 Å². The number of carbonyl (C=O) groups excluding carboxylic acids is 7. The molecule has 3 heterocycles. The van der Waals surface area contributed by atoms with Crippen LogP contribution in [0.4, 0.5) is 0 Å². The summed E-state index contributed by atoms with van der Waals surface area (Å²) in [7, 11) is 0. The molecule has 3 fully saturated rings. The zero-order valence-electron chi connectivity index (χ0n) is 33.3. The first-order valence-electron chi connectivity index (χ1n) is 19.7.